The Bertz CT molecular complexity index is 1400. The Kier molecular flexibility index (Phi) is 6.11. The zero-order chi connectivity index (χ0) is 23.7. The van der Waals surface area contributed by atoms with Crippen molar-refractivity contribution in [3.8, 4) is 5.69 Å². The van der Waals surface area contributed by atoms with Gasteiger partial charge in [-0.05, 0) is 60.5 Å². The van der Waals surface area contributed by atoms with Crippen LogP contribution in [0.15, 0.2) is 82.7 Å². The molecular weight excluding hydrogens is 444 g/mol. The second kappa shape index (κ2) is 9.35. The Morgan fingerprint density at radius 3 is 2.29 bits per heavy atom. The van der Waals surface area contributed by atoms with Crippen molar-refractivity contribution < 1.29 is 4.79 Å². The van der Waals surface area contributed by atoms with Crippen LogP contribution >= 0.6 is 11.8 Å². The Morgan fingerprint density at radius 2 is 1.62 bits per heavy atom. The molecule has 34 heavy (non-hydrogen) atoms. The lowest BCUT2D eigenvalue weighted by Crippen LogP contribution is -2.23. The maximum Gasteiger partial charge on any atom is 0.266 e. The quantitative estimate of drug-likeness (QED) is 0.297. The monoisotopic (exact) mass is 470 g/mol. The normalized spacial score (nSPS) is 13.6. The number of fused-ring (bicyclic) bond motifs is 1. The third kappa shape index (κ3) is 4.31. The van der Waals surface area contributed by atoms with Gasteiger partial charge in [-0.25, -0.2) is 4.98 Å². The molecule has 1 aliphatic heterocycles. The van der Waals surface area contributed by atoms with Crippen LogP contribution in [0, 0.1) is 0 Å². The number of thioether (sulfide) groups is 1. The van der Waals surface area contributed by atoms with Crippen molar-refractivity contribution in [2.45, 2.75) is 23.8 Å². The van der Waals surface area contributed by atoms with Gasteiger partial charge in [-0.1, -0.05) is 36.0 Å². The fourth-order valence-electron chi connectivity index (χ4n) is 4.18. The maximum absolute atomic E-state index is 13.5. The number of carbonyl (C=O) groups excluding carboxylic acids is 1. The summed E-state index contributed by atoms with van der Waals surface area (Å²) in [4.78, 5) is 34.2. The van der Waals surface area contributed by atoms with E-state index in [0.717, 1.165) is 35.6 Å². The van der Waals surface area contributed by atoms with Gasteiger partial charge in [0.1, 0.15) is 0 Å². The Labute approximate surface area is 202 Å². The van der Waals surface area contributed by atoms with E-state index in [4.69, 9.17) is 4.98 Å². The van der Waals surface area contributed by atoms with Gasteiger partial charge in [0, 0.05) is 44.2 Å². The number of aromatic nitrogens is 2. The predicted octanol–water partition coefficient (Wildman–Crippen LogP) is 4.87. The molecule has 6 nitrogen and oxygen atoms in total. The number of carbonyl (C=O) groups is 1. The minimum Gasteiger partial charge on any atom is -0.378 e. The molecule has 0 radical (unpaired) electrons. The summed E-state index contributed by atoms with van der Waals surface area (Å²) in [5.74, 6) is 0.848. The number of benzene rings is 3. The van der Waals surface area contributed by atoms with E-state index in [2.05, 4.69) is 0 Å². The number of rotatable bonds is 6. The van der Waals surface area contributed by atoms with E-state index in [1.165, 1.54) is 11.8 Å². The first kappa shape index (κ1) is 22.2. The summed E-state index contributed by atoms with van der Waals surface area (Å²) in [7, 11) is 3.98. The Hall–Kier alpha value is -3.58. The molecule has 1 saturated heterocycles. The molecule has 172 valence electrons. The maximum atomic E-state index is 13.5. The van der Waals surface area contributed by atoms with Gasteiger partial charge >= 0.3 is 0 Å². The minimum absolute atomic E-state index is 0.0754. The first-order valence-electron chi connectivity index (χ1n) is 11.3. The van der Waals surface area contributed by atoms with Crippen LogP contribution < -0.4 is 15.4 Å². The summed E-state index contributed by atoms with van der Waals surface area (Å²) in [6, 6.07) is 23.5. The molecule has 1 aliphatic rings. The number of hydrogen-bond donors (Lipinski definition) is 0. The summed E-state index contributed by atoms with van der Waals surface area (Å²) in [6.07, 6.45) is 1.54. The second-order valence-corrected chi connectivity index (χ2v) is 9.51. The molecule has 0 aliphatic carbocycles. The summed E-state index contributed by atoms with van der Waals surface area (Å²) < 4.78 is 1.70. The molecular formula is C27H26N4O2S. The van der Waals surface area contributed by atoms with Crippen LogP contribution in [0.1, 0.15) is 18.4 Å². The lowest BCUT2D eigenvalue weighted by atomic mass is 10.2. The van der Waals surface area contributed by atoms with Gasteiger partial charge < -0.3 is 9.80 Å². The first-order chi connectivity index (χ1) is 16.5. The van der Waals surface area contributed by atoms with E-state index in [0.29, 0.717) is 28.2 Å². The van der Waals surface area contributed by atoms with E-state index < -0.39 is 0 Å². The van der Waals surface area contributed by atoms with Crippen molar-refractivity contribution in [1.82, 2.24) is 9.55 Å². The fourth-order valence-corrected chi connectivity index (χ4v) is 5.15. The molecule has 0 saturated carbocycles. The van der Waals surface area contributed by atoms with Crippen LogP contribution in [0.2, 0.25) is 0 Å². The van der Waals surface area contributed by atoms with Crippen LogP contribution in [0.25, 0.3) is 16.6 Å². The third-order valence-electron chi connectivity index (χ3n) is 6.06. The number of amides is 1. The van der Waals surface area contributed by atoms with Crippen molar-refractivity contribution in [2.75, 3.05) is 30.4 Å². The van der Waals surface area contributed by atoms with Gasteiger partial charge in [0.25, 0.3) is 5.56 Å². The molecule has 4 aromatic rings. The Morgan fingerprint density at radius 1 is 0.912 bits per heavy atom. The lowest BCUT2D eigenvalue weighted by molar-refractivity contribution is -0.117. The van der Waals surface area contributed by atoms with E-state index in [9.17, 15) is 9.59 Å². The molecule has 0 atom stereocenters. The minimum atomic E-state index is -0.0754. The van der Waals surface area contributed by atoms with Crippen molar-refractivity contribution in [1.29, 1.82) is 0 Å². The summed E-state index contributed by atoms with van der Waals surface area (Å²) in [6.45, 7) is 0.785. The predicted molar refractivity (Wildman–Crippen MR) is 139 cm³/mol. The highest BCUT2D eigenvalue weighted by Gasteiger charge is 2.21. The summed E-state index contributed by atoms with van der Waals surface area (Å²) in [5.41, 5.74) is 4.53. The molecule has 1 fully saturated rings. The van der Waals surface area contributed by atoms with E-state index >= 15 is 0 Å². The molecule has 1 aromatic heterocycles. The molecule has 0 unspecified atom stereocenters. The molecule has 0 N–H and O–H groups in total. The molecule has 3 aromatic carbocycles. The zero-order valence-electron chi connectivity index (χ0n) is 19.3. The highest BCUT2D eigenvalue weighted by Crippen LogP contribution is 2.27. The molecule has 0 bridgehead atoms. The van der Waals surface area contributed by atoms with Crippen LogP contribution in [0.4, 0.5) is 11.4 Å². The zero-order valence-corrected chi connectivity index (χ0v) is 20.1. The highest BCUT2D eigenvalue weighted by molar-refractivity contribution is 7.98. The smallest absolute Gasteiger partial charge is 0.266 e. The molecule has 0 spiro atoms. The number of para-hydroxylation sites is 1. The van der Waals surface area contributed by atoms with E-state index in [-0.39, 0.29) is 11.5 Å². The lowest BCUT2D eigenvalue weighted by Gasteiger charge is -2.17. The number of anilines is 2. The molecule has 1 amide bonds. The van der Waals surface area contributed by atoms with Crippen LogP contribution in [-0.4, -0.2) is 36.1 Å². The van der Waals surface area contributed by atoms with Gasteiger partial charge in [0.2, 0.25) is 5.91 Å². The first-order valence-corrected chi connectivity index (χ1v) is 12.3. The number of nitrogens with zero attached hydrogens (tertiary/aromatic N) is 4. The van der Waals surface area contributed by atoms with Crippen molar-refractivity contribution in [2.24, 2.45) is 0 Å². The number of hydrogen-bond acceptors (Lipinski definition) is 5. The second-order valence-electron chi connectivity index (χ2n) is 8.57. The van der Waals surface area contributed by atoms with Gasteiger partial charge in [-0.3, -0.25) is 14.2 Å². The van der Waals surface area contributed by atoms with Gasteiger partial charge in [-0.2, -0.15) is 0 Å². The molecule has 2 heterocycles. The average Bonchev–Trinajstić information content (AvgIpc) is 3.29. The molecule has 5 rings (SSSR count). The molecule has 7 heteroatoms. The highest BCUT2D eigenvalue weighted by atomic mass is 32.2. The average molecular weight is 471 g/mol. The third-order valence-corrected chi connectivity index (χ3v) is 7.07. The SMILES string of the molecule is CN(C)c1ccc(-n2c(SCc3ccc(N4CCCC4=O)cc3)nc3ccccc3c2=O)cc1. The fraction of sp³-hybridized carbons (Fsp3) is 0.222. The standard InChI is InChI=1S/C27H26N4O2S/c1-29(2)20-13-15-22(16-14-20)31-26(33)23-6-3-4-7-24(23)28-27(31)34-18-19-9-11-21(12-10-19)30-17-5-8-25(30)32/h3-4,6-7,9-16H,5,8,17-18H2,1-2H3. The van der Waals surface area contributed by atoms with Crippen LogP contribution in [0.3, 0.4) is 0 Å². The van der Waals surface area contributed by atoms with E-state index in [1.54, 1.807) is 4.57 Å². The van der Waals surface area contributed by atoms with Gasteiger partial charge in [0.15, 0.2) is 5.16 Å². The van der Waals surface area contributed by atoms with Crippen molar-refractivity contribution >= 4 is 39.9 Å². The van der Waals surface area contributed by atoms with Gasteiger partial charge in [-0.15, -0.1) is 0 Å². The van der Waals surface area contributed by atoms with E-state index in [1.807, 2.05) is 96.7 Å². The largest absolute Gasteiger partial charge is 0.378 e. The summed E-state index contributed by atoms with van der Waals surface area (Å²) >= 11 is 1.53. The van der Waals surface area contributed by atoms with Crippen LogP contribution in [-0.2, 0) is 10.5 Å². The van der Waals surface area contributed by atoms with Gasteiger partial charge in [0.05, 0.1) is 16.6 Å². The topological polar surface area (TPSA) is 58.4 Å². The van der Waals surface area contributed by atoms with Crippen molar-refractivity contribution in [3.63, 3.8) is 0 Å². The van der Waals surface area contributed by atoms with Crippen molar-refractivity contribution in [3.05, 3.63) is 88.7 Å². The Balaban J connectivity index is 1.47. The summed E-state index contributed by atoms with van der Waals surface area (Å²) in [5, 5.41) is 1.25. The van der Waals surface area contributed by atoms with Crippen LogP contribution in [0.5, 0.6) is 0 Å².